The number of amides is 1. The van der Waals surface area contributed by atoms with Crippen LogP contribution in [0, 0.1) is 6.92 Å². The molecule has 4 rings (SSSR count). The number of likely N-dealkylation sites (tertiary alicyclic amines) is 1. The minimum Gasteiger partial charge on any atom is -0.443 e. The molecule has 1 amide bonds. The molecule has 0 bridgehead atoms. The zero-order valence-corrected chi connectivity index (χ0v) is 15.7. The van der Waals surface area contributed by atoms with Crippen molar-refractivity contribution in [3.05, 3.63) is 76.5 Å². The molecule has 3 heterocycles. The molecule has 27 heavy (non-hydrogen) atoms. The minimum absolute atomic E-state index is 0.143. The first-order chi connectivity index (χ1) is 13.1. The van der Waals surface area contributed by atoms with Gasteiger partial charge in [-0.2, -0.15) is 0 Å². The molecular formula is C20H19ClN4O2. The summed E-state index contributed by atoms with van der Waals surface area (Å²) in [5.41, 5.74) is 2.10. The molecule has 1 aliphatic heterocycles. The van der Waals surface area contributed by atoms with Crippen LogP contribution in [0.5, 0.6) is 0 Å². The fourth-order valence-electron chi connectivity index (χ4n) is 3.30. The summed E-state index contributed by atoms with van der Waals surface area (Å²) < 4.78 is 5.96. The van der Waals surface area contributed by atoms with E-state index in [2.05, 4.69) is 15.0 Å². The molecule has 1 saturated heterocycles. The van der Waals surface area contributed by atoms with Gasteiger partial charge >= 0.3 is 0 Å². The second kappa shape index (κ2) is 7.48. The van der Waals surface area contributed by atoms with Crippen molar-refractivity contribution in [2.75, 3.05) is 6.54 Å². The molecule has 1 fully saturated rings. The van der Waals surface area contributed by atoms with Gasteiger partial charge in [-0.05, 0) is 31.4 Å². The van der Waals surface area contributed by atoms with E-state index in [1.165, 1.54) is 6.20 Å². The van der Waals surface area contributed by atoms with Crippen molar-refractivity contribution in [1.82, 2.24) is 19.9 Å². The third-order valence-electron chi connectivity index (χ3n) is 4.69. The Morgan fingerprint density at radius 2 is 2.07 bits per heavy atom. The molecule has 0 aliphatic carbocycles. The van der Waals surface area contributed by atoms with Crippen LogP contribution in [0.2, 0.25) is 5.02 Å². The highest BCUT2D eigenvalue weighted by molar-refractivity contribution is 6.31. The molecule has 1 aromatic carbocycles. The maximum Gasteiger partial charge on any atom is 0.274 e. The van der Waals surface area contributed by atoms with Gasteiger partial charge in [0.25, 0.3) is 5.91 Å². The standard InChI is InChI=1S/C20H19ClN4O2/c1-13-10-23-17(12-22-13)20(26)25-8-4-7-18(25)19-24-11-15(27-19)9-14-5-2-3-6-16(14)21/h2-3,5-6,10-12,18H,4,7-9H2,1H3/t18-/m1/s1. The summed E-state index contributed by atoms with van der Waals surface area (Å²) >= 11 is 6.22. The molecule has 2 aromatic heterocycles. The van der Waals surface area contributed by atoms with Crippen molar-refractivity contribution in [2.24, 2.45) is 0 Å². The molecule has 1 aliphatic rings. The average molecular weight is 383 g/mol. The van der Waals surface area contributed by atoms with Crippen molar-refractivity contribution in [3.63, 3.8) is 0 Å². The Morgan fingerprint density at radius 1 is 1.22 bits per heavy atom. The molecule has 6 nitrogen and oxygen atoms in total. The number of carbonyl (C=O) groups is 1. The van der Waals surface area contributed by atoms with Crippen LogP contribution in [0.15, 0.2) is 47.3 Å². The van der Waals surface area contributed by atoms with Gasteiger partial charge in [0.15, 0.2) is 0 Å². The lowest BCUT2D eigenvalue weighted by Gasteiger charge is -2.21. The third-order valence-corrected chi connectivity index (χ3v) is 5.06. The van der Waals surface area contributed by atoms with Crippen molar-refractivity contribution >= 4 is 17.5 Å². The fourth-order valence-corrected chi connectivity index (χ4v) is 3.51. The number of nitrogens with zero attached hydrogens (tertiary/aromatic N) is 4. The molecule has 0 N–H and O–H groups in total. The summed E-state index contributed by atoms with van der Waals surface area (Å²) in [4.78, 5) is 27.4. The fraction of sp³-hybridized carbons (Fsp3) is 0.300. The van der Waals surface area contributed by atoms with E-state index in [-0.39, 0.29) is 11.9 Å². The SMILES string of the molecule is Cc1cnc(C(=O)N2CCC[C@@H]2c2ncc(Cc3ccccc3Cl)o2)cn1. The summed E-state index contributed by atoms with van der Waals surface area (Å²) in [5.74, 6) is 1.14. The van der Waals surface area contributed by atoms with E-state index in [1.807, 2.05) is 31.2 Å². The van der Waals surface area contributed by atoms with Gasteiger partial charge in [-0.1, -0.05) is 29.8 Å². The summed E-state index contributed by atoms with van der Waals surface area (Å²) in [6, 6.07) is 7.48. The first kappa shape index (κ1) is 17.7. The molecule has 1 atom stereocenters. The highest BCUT2D eigenvalue weighted by Gasteiger charge is 2.34. The molecule has 0 radical (unpaired) electrons. The van der Waals surface area contributed by atoms with Gasteiger partial charge in [-0.3, -0.25) is 9.78 Å². The number of aryl methyl sites for hydroxylation is 1. The second-order valence-corrected chi connectivity index (χ2v) is 7.04. The van der Waals surface area contributed by atoms with Crippen LogP contribution >= 0.6 is 11.6 Å². The number of carbonyl (C=O) groups excluding carboxylic acids is 1. The average Bonchev–Trinajstić information content (AvgIpc) is 3.33. The molecule has 138 valence electrons. The maximum absolute atomic E-state index is 12.8. The van der Waals surface area contributed by atoms with E-state index in [0.29, 0.717) is 29.6 Å². The zero-order chi connectivity index (χ0) is 18.8. The molecule has 0 saturated carbocycles. The van der Waals surface area contributed by atoms with Crippen LogP contribution < -0.4 is 0 Å². The zero-order valence-electron chi connectivity index (χ0n) is 14.9. The van der Waals surface area contributed by atoms with Crippen LogP contribution in [0.3, 0.4) is 0 Å². The first-order valence-corrected chi connectivity index (χ1v) is 9.27. The van der Waals surface area contributed by atoms with Crippen molar-refractivity contribution in [3.8, 4) is 0 Å². The number of benzene rings is 1. The smallest absolute Gasteiger partial charge is 0.274 e. The van der Waals surface area contributed by atoms with Gasteiger partial charge in [0.2, 0.25) is 5.89 Å². The lowest BCUT2D eigenvalue weighted by atomic mass is 10.1. The number of hydrogen-bond acceptors (Lipinski definition) is 5. The predicted molar refractivity (Wildman–Crippen MR) is 101 cm³/mol. The first-order valence-electron chi connectivity index (χ1n) is 8.89. The van der Waals surface area contributed by atoms with Crippen LogP contribution in [-0.4, -0.2) is 32.3 Å². The summed E-state index contributed by atoms with van der Waals surface area (Å²) in [7, 11) is 0. The Kier molecular flexibility index (Phi) is 4.90. The molecular weight excluding hydrogens is 364 g/mol. The summed E-state index contributed by atoms with van der Waals surface area (Å²) in [6.07, 6.45) is 7.12. The third kappa shape index (κ3) is 3.71. The van der Waals surface area contributed by atoms with E-state index < -0.39 is 0 Å². The van der Waals surface area contributed by atoms with Gasteiger partial charge in [-0.25, -0.2) is 9.97 Å². The van der Waals surface area contributed by atoms with E-state index in [1.54, 1.807) is 17.3 Å². The normalized spacial score (nSPS) is 16.7. The highest BCUT2D eigenvalue weighted by Crippen LogP contribution is 2.33. The van der Waals surface area contributed by atoms with Gasteiger partial charge in [0.05, 0.1) is 18.1 Å². The predicted octanol–water partition coefficient (Wildman–Crippen LogP) is 3.99. The van der Waals surface area contributed by atoms with E-state index in [0.717, 1.165) is 29.9 Å². The van der Waals surface area contributed by atoms with Gasteiger partial charge in [0.1, 0.15) is 17.5 Å². The van der Waals surface area contributed by atoms with Crippen molar-refractivity contribution < 1.29 is 9.21 Å². The quantitative estimate of drug-likeness (QED) is 0.682. The monoisotopic (exact) mass is 382 g/mol. The van der Waals surface area contributed by atoms with Gasteiger partial charge in [0, 0.05) is 24.2 Å². The van der Waals surface area contributed by atoms with Gasteiger partial charge in [-0.15, -0.1) is 0 Å². The number of aromatic nitrogens is 3. The number of oxazole rings is 1. The molecule has 0 unspecified atom stereocenters. The Balaban J connectivity index is 1.52. The Labute approximate surface area is 162 Å². The molecule has 3 aromatic rings. The maximum atomic E-state index is 12.8. The number of halogens is 1. The summed E-state index contributed by atoms with van der Waals surface area (Å²) in [6.45, 7) is 2.49. The lowest BCUT2D eigenvalue weighted by Crippen LogP contribution is -2.31. The largest absolute Gasteiger partial charge is 0.443 e. The van der Waals surface area contributed by atoms with Crippen LogP contribution in [0.1, 0.15) is 52.3 Å². The Hall–Kier alpha value is -2.73. The molecule has 7 heteroatoms. The Morgan fingerprint density at radius 3 is 2.85 bits per heavy atom. The lowest BCUT2D eigenvalue weighted by molar-refractivity contribution is 0.0708. The Bertz CT molecular complexity index is 955. The van der Waals surface area contributed by atoms with Crippen LogP contribution in [0.4, 0.5) is 0 Å². The second-order valence-electron chi connectivity index (χ2n) is 6.63. The van der Waals surface area contributed by atoms with Crippen LogP contribution in [0.25, 0.3) is 0 Å². The number of hydrogen-bond donors (Lipinski definition) is 0. The van der Waals surface area contributed by atoms with Crippen molar-refractivity contribution in [2.45, 2.75) is 32.2 Å². The van der Waals surface area contributed by atoms with Crippen molar-refractivity contribution in [1.29, 1.82) is 0 Å². The van der Waals surface area contributed by atoms with E-state index in [4.69, 9.17) is 16.0 Å². The molecule has 0 spiro atoms. The van der Waals surface area contributed by atoms with E-state index >= 15 is 0 Å². The van der Waals surface area contributed by atoms with Gasteiger partial charge < -0.3 is 9.32 Å². The van der Waals surface area contributed by atoms with Crippen LogP contribution in [-0.2, 0) is 6.42 Å². The minimum atomic E-state index is -0.180. The number of rotatable bonds is 4. The van der Waals surface area contributed by atoms with E-state index in [9.17, 15) is 4.79 Å². The topological polar surface area (TPSA) is 72.1 Å². The summed E-state index contributed by atoms with van der Waals surface area (Å²) in [5, 5.41) is 0.700. The highest BCUT2D eigenvalue weighted by atomic mass is 35.5.